The topological polar surface area (TPSA) is 53.7 Å². The van der Waals surface area contributed by atoms with Crippen molar-refractivity contribution >= 4 is 0 Å². The van der Waals surface area contributed by atoms with E-state index in [1.54, 1.807) is 7.11 Å². The molecule has 100 valence electrons. The lowest BCUT2D eigenvalue weighted by molar-refractivity contribution is 0.0101. The Morgan fingerprint density at radius 1 is 1.44 bits per heavy atom. The van der Waals surface area contributed by atoms with Crippen LogP contribution in [0.5, 0.6) is 5.75 Å². The van der Waals surface area contributed by atoms with Gasteiger partial charge in [-0.3, -0.25) is 0 Å². The van der Waals surface area contributed by atoms with Crippen LogP contribution < -0.4 is 10.5 Å². The zero-order valence-corrected chi connectivity index (χ0v) is 10.9. The maximum Gasteiger partial charge on any atom is 0.124 e. The second-order valence-corrected chi connectivity index (χ2v) is 4.50. The van der Waals surface area contributed by atoms with Crippen LogP contribution >= 0.6 is 0 Å². The van der Waals surface area contributed by atoms with Gasteiger partial charge >= 0.3 is 0 Å². The summed E-state index contributed by atoms with van der Waals surface area (Å²) in [6, 6.07) is 5.95. The summed E-state index contributed by atoms with van der Waals surface area (Å²) in [6.07, 6.45) is 2.49. The number of methoxy groups -OCH3 is 1. The molecule has 1 saturated heterocycles. The molecule has 1 aliphatic rings. The van der Waals surface area contributed by atoms with Gasteiger partial charge in [-0.1, -0.05) is 6.07 Å². The van der Waals surface area contributed by atoms with Crippen LogP contribution in [0.4, 0.5) is 0 Å². The first-order chi connectivity index (χ1) is 8.83. The number of hydrogen-bond acceptors (Lipinski definition) is 4. The van der Waals surface area contributed by atoms with E-state index >= 15 is 0 Å². The van der Waals surface area contributed by atoms with Gasteiger partial charge in [0.1, 0.15) is 5.75 Å². The van der Waals surface area contributed by atoms with Gasteiger partial charge in [0.25, 0.3) is 0 Å². The Balaban J connectivity index is 1.89. The van der Waals surface area contributed by atoms with E-state index in [2.05, 4.69) is 0 Å². The molecule has 0 spiro atoms. The quantitative estimate of drug-likeness (QED) is 0.838. The van der Waals surface area contributed by atoms with Gasteiger partial charge in [-0.25, -0.2) is 0 Å². The second-order valence-electron chi connectivity index (χ2n) is 4.50. The molecule has 1 fully saturated rings. The maximum absolute atomic E-state index is 5.70. The predicted octanol–water partition coefficient (Wildman–Crippen LogP) is 1.85. The van der Waals surface area contributed by atoms with E-state index in [4.69, 9.17) is 19.9 Å². The minimum atomic E-state index is 0.258. The number of benzene rings is 1. The third-order valence-corrected chi connectivity index (χ3v) is 3.17. The molecule has 0 saturated carbocycles. The third kappa shape index (κ3) is 3.45. The van der Waals surface area contributed by atoms with Gasteiger partial charge < -0.3 is 19.9 Å². The molecule has 4 nitrogen and oxygen atoms in total. The molecule has 4 heteroatoms. The molecule has 18 heavy (non-hydrogen) atoms. The molecule has 1 unspecified atom stereocenters. The lowest BCUT2D eigenvalue weighted by atomic mass is 10.1. The van der Waals surface area contributed by atoms with Crippen LogP contribution in [0, 0.1) is 0 Å². The van der Waals surface area contributed by atoms with Gasteiger partial charge in [0.05, 0.1) is 26.4 Å². The van der Waals surface area contributed by atoms with Crippen molar-refractivity contribution < 1.29 is 14.2 Å². The lowest BCUT2D eigenvalue weighted by Gasteiger charge is -2.13. The highest BCUT2D eigenvalue weighted by Crippen LogP contribution is 2.21. The largest absolute Gasteiger partial charge is 0.496 e. The normalized spacial score (nSPS) is 19.1. The summed E-state index contributed by atoms with van der Waals surface area (Å²) in [5.74, 6) is 0.847. The summed E-state index contributed by atoms with van der Waals surface area (Å²) in [6.45, 7) is 2.58. The van der Waals surface area contributed by atoms with Gasteiger partial charge in [-0.05, 0) is 30.5 Å². The summed E-state index contributed by atoms with van der Waals surface area (Å²) < 4.78 is 16.5. The fourth-order valence-electron chi connectivity index (χ4n) is 2.15. The minimum Gasteiger partial charge on any atom is -0.496 e. The van der Waals surface area contributed by atoms with Crippen molar-refractivity contribution in [3.63, 3.8) is 0 Å². The highest BCUT2D eigenvalue weighted by Gasteiger charge is 2.15. The van der Waals surface area contributed by atoms with Crippen molar-refractivity contribution in [2.24, 2.45) is 5.73 Å². The first-order valence-corrected chi connectivity index (χ1v) is 6.38. The average molecular weight is 251 g/mol. The Hall–Kier alpha value is -1.10. The monoisotopic (exact) mass is 251 g/mol. The first kappa shape index (κ1) is 13.3. The van der Waals surface area contributed by atoms with Crippen LogP contribution in [0.25, 0.3) is 0 Å². The van der Waals surface area contributed by atoms with E-state index in [-0.39, 0.29) is 6.10 Å². The van der Waals surface area contributed by atoms with Gasteiger partial charge in [0.15, 0.2) is 0 Å². The summed E-state index contributed by atoms with van der Waals surface area (Å²) in [4.78, 5) is 0. The third-order valence-electron chi connectivity index (χ3n) is 3.17. The Labute approximate surface area is 108 Å². The van der Waals surface area contributed by atoms with E-state index in [0.29, 0.717) is 19.8 Å². The maximum atomic E-state index is 5.70. The molecule has 0 aliphatic carbocycles. The number of ether oxygens (including phenoxy) is 3. The number of hydrogen-bond donors (Lipinski definition) is 1. The fourth-order valence-corrected chi connectivity index (χ4v) is 2.15. The highest BCUT2D eigenvalue weighted by molar-refractivity contribution is 5.36. The lowest BCUT2D eigenvalue weighted by Crippen LogP contribution is -2.14. The molecule has 0 radical (unpaired) electrons. The van der Waals surface area contributed by atoms with Crippen LogP contribution in [0.2, 0.25) is 0 Å². The molecule has 1 heterocycles. The van der Waals surface area contributed by atoms with Crippen LogP contribution in [0.1, 0.15) is 24.0 Å². The van der Waals surface area contributed by atoms with Crippen molar-refractivity contribution in [1.29, 1.82) is 0 Å². The molecule has 2 N–H and O–H groups in total. The van der Waals surface area contributed by atoms with Crippen LogP contribution in [-0.2, 0) is 22.6 Å². The Morgan fingerprint density at radius 2 is 2.33 bits per heavy atom. The smallest absolute Gasteiger partial charge is 0.124 e. The highest BCUT2D eigenvalue weighted by atomic mass is 16.5. The van der Waals surface area contributed by atoms with E-state index < -0.39 is 0 Å². The van der Waals surface area contributed by atoms with Gasteiger partial charge in [0.2, 0.25) is 0 Å². The van der Waals surface area contributed by atoms with E-state index in [0.717, 1.165) is 36.3 Å². The molecule has 0 amide bonds. The molecule has 1 aromatic rings. The summed E-state index contributed by atoms with van der Waals surface area (Å²) >= 11 is 0. The first-order valence-electron chi connectivity index (χ1n) is 6.38. The Morgan fingerprint density at radius 3 is 3.00 bits per heavy atom. The van der Waals surface area contributed by atoms with Gasteiger partial charge in [0, 0.05) is 18.7 Å². The molecule has 0 bridgehead atoms. The van der Waals surface area contributed by atoms with Crippen molar-refractivity contribution in [3.05, 3.63) is 29.3 Å². The van der Waals surface area contributed by atoms with Gasteiger partial charge in [-0.15, -0.1) is 0 Å². The molecule has 2 rings (SSSR count). The summed E-state index contributed by atoms with van der Waals surface area (Å²) in [5.41, 5.74) is 7.77. The van der Waals surface area contributed by atoms with Crippen LogP contribution in [0.3, 0.4) is 0 Å². The average Bonchev–Trinajstić information content (AvgIpc) is 2.92. The van der Waals surface area contributed by atoms with Crippen LogP contribution in [0.15, 0.2) is 18.2 Å². The molecular weight excluding hydrogens is 230 g/mol. The molecule has 0 aromatic heterocycles. The van der Waals surface area contributed by atoms with Crippen molar-refractivity contribution in [2.45, 2.75) is 32.1 Å². The summed E-state index contributed by atoms with van der Waals surface area (Å²) in [5, 5.41) is 0. The molecular formula is C14H21NO3. The van der Waals surface area contributed by atoms with Crippen LogP contribution in [-0.4, -0.2) is 26.4 Å². The fraction of sp³-hybridized carbons (Fsp3) is 0.571. The van der Waals surface area contributed by atoms with Crippen molar-refractivity contribution in [3.8, 4) is 5.75 Å². The minimum absolute atomic E-state index is 0.258. The number of nitrogens with two attached hydrogens (primary N) is 1. The predicted molar refractivity (Wildman–Crippen MR) is 69.5 cm³/mol. The Bertz CT molecular complexity index is 375. The van der Waals surface area contributed by atoms with E-state index in [1.165, 1.54) is 0 Å². The number of rotatable bonds is 6. The van der Waals surface area contributed by atoms with E-state index in [9.17, 15) is 0 Å². The molecule has 1 aromatic carbocycles. The molecule has 1 atom stereocenters. The van der Waals surface area contributed by atoms with Crippen molar-refractivity contribution in [2.75, 3.05) is 20.3 Å². The molecule has 1 aliphatic heterocycles. The Kier molecular flexibility index (Phi) is 4.99. The zero-order valence-electron chi connectivity index (χ0n) is 10.9. The SMILES string of the molecule is COc1ccc(CN)cc1COCC1CCCO1. The summed E-state index contributed by atoms with van der Waals surface area (Å²) in [7, 11) is 1.67. The second kappa shape index (κ2) is 6.73. The zero-order chi connectivity index (χ0) is 12.8. The van der Waals surface area contributed by atoms with Crippen molar-refractivity contribution in [1.82, 2.24) is 0 Å². The van der Waals surface area contributed by atoms with E-state index in [1.807, 2.05) is 18.2 Å². The van der Waals surface area contributed by atoms with Gasteiger partial charge in [-0.2, -0.15) is 0 Å². The standard InChI is InChI=1S/C14H21NO3/c1-16-14-5-4-11(8-15)7-12(14)9-17-10-13-3-2-6-18-13/h4-5,7,13H,2-3,6,8-10,15H2,1H3.